The van der Waals surface area contributed by atoms with Crippen LogP contribution in [0.25, 0.3) is 0 Å². The fraction of sp³-hybridized carbons (Fsp3) is 0.533. The van der Waals surface area contributed by atoms with E-state index in [-0.39, 0.29) is 12.3 Å². The summed E-state index contributed by atoms with van der Waals surface area (Å²) in [6, 6.07) is 8.65. The molecular weight excluding hydrogens is 302 g/mol. The lowest BCUT2D eigenvalue weighted by Crippen LogP contribution is -2.39. The minimum absolute atomic E-state index is 0.0603. The van der Waals surface area contributed by atoms with E-state index >= 15 is 0 Å². The van der Waals surface area contributed by atoms with Crippen LogP contribution in [0.2, 0.25) is 0 Å². The number of carbonyl (C=O) groups excluding carboxylic acids is 1. The molecule has 7 heteroatoms. The molecule has 0 atom stereocenters. The zero-order valence-corrected chi connectivity index (χ0v) is 13.4. The molecule has 1 aromatic carbocycles. The molecule has 122 valence electrons. The fourth-order valence-corrected chi connectivity index (χ4v) is 3.87. The number of carbonyl (C=O) groups is 1. The number of para-hydroxylation sites is 1. The number of nitrogens with one attached hydrogen (secondary N) is 2. The van der Waals surface area contributed by atoms with Gasteiger partial charge in [-0.3, -0.25) is 0 Å². The largest absolute Gasteiger partial charge is 0.337 e. The monoisotopic (exact) mass is 325 g/mol. The Kier molecular flexibility index (Phi) is 6.21. The second kappa shape index (κ2) is 8.14. The average molecular weight is 325 g/mol. The average Bonchev–Trinajstić information content (AvgIpc) is 2.77. The van der Waals surface area contributed by atoms with Crippen molar-refractivity contribution in [2.45, 2.75) is 25.7 Å². The van der Waals surface area contributed by atoms with Crippen molar-refractivity contribution >= 4 is 21.7 Å². The first-order valence-electron chi connectivity index (χ1n) is 7.66. The minimum atomic E-state index is -3.28. The zero-order valence-electron chi connectivity index (χ0n) is 12.6. The van der Waals surface area contributed by atoms with Crippen LogP contribution < -0.4 is 10.6 Å². The van der Waals surface area contributed by atoms with Crippen LogP contribution in [-0.2, 0) is 10.0 Å². The molecule has 0 unspecified atom stereocenters. The lowest BCUT2D eigenvalue weighted by Gasteiger charge is -2.19. The van der Waals surface area contributed by atoms with Gasteiger partial charge in [0.05, 0.1) is 5.75 Å². The molecule has 1 saturated heterocycles. The van der Waals surface area contributed by atoms with Crippen molar-refractivity contribution in [3.05, 3.63) is 30.3 Å². The highest BCUT2D eigenvalue weighted by Crippen LogP contribution is 2.13. The van der Waals surface area contributed by atoms with Crippen molar-refractivity contribution in [1.29, 1.82) is 0 Å². The number of rotatable bonds is 5. The van der Waals surface area contributed by atoms with E-state index in [0.717, 1.165) is 25.7 Å². The van der Waals surface area contributed by atoms with E-state index in [4.69, 9.17) is 0 Å². The van der Waals surface area contributed by atoms with Crippen molar-refractivity contribution in [3.63, 3.8) is 0 Å². The first kappa shape index (κ1) is 16.8. The minimum Gasteiger partial charge on any atom is -0.337 e. The summed E-state index contributed by atoms with van der Waals surface area (Å²) >= 11 is 0. The molecule has 0 aromatic heterocycles. The van der Waals surface area contributed by atoms with Gasteiger partial charge >= 0.3 is 6.03 Å². The molecule has 22 heavy (non-hydrogen) atoms. The maximum absolute atomic E-state index is 12.2. The Balaban J connectivity index is 1.76. The third-order valence-corrected chi connectivity index (χ3v) is 5.51. The molecule has 0 radical (unpaired) electrons. The molecular formula is C15H23N3O3S. The second-order valence-electron chi connectivity index (χ2n) is 5.38. The Labute approximate surface area is 131 Å². The maximum Gasteiger partial charge on any atom is 0.319 e. The lowest BCUT2D eigenvalue weighted by molar-refractivity contribution is 0.252. The summed E-state index contributed by atoms with van der Waals surface area (Å²) in [6.45, 7) is 1.30. The van der Waals surface area contributed by atoms with Crippen LogP contribution in [0, 0.1) is 0 Å². The van der Waals surface area contributed by atoms with Crippen molar-refractivity contribution in [3.8, 4) is 0 Å². The van der Waals surface area contributed by atoms with Crippen LogP contribution in [0.5, 0.6) is 0 Å². The Morgan fingerprint density at radius 3 is 2.32 bits per heavy atom. The summed E-state index contributed by atoms with van der Waals surface area (Å²) in [5.41, 5.74) is 0.676. The van der Waals surface area contributed by atoms with Gasteiger partial charge in [-0.2, -0.15) is 0 Å². The van der Waals surface area contributed by atoms with Gasteiger partial charge in [-0.1, -0.05) is 31.0 Å². The third kappa shape index (κ3) is 5.31. The molecule has 0 aliphatic carbocycles. The Morgan fingerprint density at radius 1 is 1.05 bits per heavy atom. The molecule has 0 saturated carbocycles. The topological polar surface area (TPSA) is 78.5 Å². The van der Waals surface area contributed by atoms with E-state index in [1.807, 2.05) is 18.2 Å². The predicted molar refractivity (Wildman–Crippen MR) is 87.3 cm³/mol. The van der Waals surface area contributed by atoms with E-state index in [1.165, 1.54) is 0 Å². The van der Waals surface area contributed by atoms with Crippen molar-refractivity contribution in [1.82, 2.24) is 9.62 Å². The van der Waals surface area contributed by atoms with Gasteiger partial charge in [0, 0.05) is 25.3 Å². The summed E-state index contributed by atoms with van der Waals surface area (Å²) in [4.78, 5) is 11.7. The van der Waals surface area contributed by atoms with Crippen molar-refractivity contribution in [2.75, 3.05) is 30.7 Å². The fourth-order valence-electron chi connectivity index (χ4n) is 2.44. The van der Waals surface area contributed by atoms with Crippen LogP contribution in [0.15, 0.2) is 30.3 Å². The number of benzene rings is 1. The molecule has 1 aromatic rings. The third-order valence-electron chi connectivity index (χ3n) is 3.64. The highest BCUT2D eigenvalue weighted by atomic mass is 32.2. The predicted octanol–water partition coefficient (Wildman–Crippen LogP) is 2.01. The molecule has 6 nitrogen and oxygen atoms in total. The second-order valence-corrected chi connectivity index (χ2v) is 7.46. The molecule has 2 N–H and O–H groups in total. The summed E-state index contributed by atoms with van der Waals surface area (Å²) in [6.07, 6.45) is 4.01. The van der Waals surface area contributed by atoms with Crippen LogP contribution in [-0.4, -0.2) is 44.1 Å². The number of sulfonamides is 1. The molecule has 0 bridgehead atoms. The van der Waals surface area contributed by atoms with Gasteiger partial charge in [0.2, 0.25) is 10.0 Å². The Bertz CT molecular complexity index is 567. The molecule has 1 aliphatic rings. The molecule has 1 fully saturated rings. The van der Waals surface area contributed by atoms with E-state index in [1.54, 1.807) is 16.4 Å². The molecule has 1 heterocycles. The van der Waals surface area contributed by atoms with Crippen LogP contribution in [0.4, 0.5) is 10.5 Å². The highest BCUT2D eigenvalue weighted by Gasteiger charge is 2.22. The van der Waals surface area contributed by atoms with Gasteiger partial charge < -0.3 is 10.6 Å². The van der Waals surface area contributed by atoms with Gasteiger partial charge in [0.15, 0.2) is 0 Å². The van der Waals surface area contributed by atoms with E-state index in [2.05, 4.69) is 10.6 Å². The first-order valence-corrected chi connectivity index (χ1v) is 9.26. The molecule has 0 spiro atoms. The summed E-state index contributed by atoms with van der Waals surface area (Å²) in [5, 5.41) is 5.25. The van der Waals surface area contributed by atoms with Crippen molar-refractivity contribution in [2.24, 2.45) is 0 Å². The van der Waals surface area contributed by atoms with Gasteiger partial charge in [0.25, 0.3) is 0 Å². The molecule has 2 rings (SSSR count). The van der Waals surface area contributed by atoms with Crippen LogP contribution in [0.1, 0.15) is 25.7 Å². The number of hydrogen-bond acceptors (Lipinski definition) is 3. The summed E-state index contributed by atoms with van der Waals surface area (Å²) in [5.74, 6) is -0.0603. The Hall–Kier alpha value is -1.60. The van der Waals surface area contributed by atoms with E-state index < -0.39 is 16.1 Å². The SMILES string of the molecule is O=C(NCCS(=O)(=O)N1CCCCCC1)Nc1ccccc1. The summed E-state index contributed by atoms with van der Waals surface area (Å²) in [7, 11) is -3.28. The van der Waals surface area contributed by atoms with Crippen molar-refractivity contribution < 1.29 is 13.2 Å². The highest BCUT2D eigenvalue weighted by molar-refractivity contribution is 7.89. The molecule has 2 amide bonds. The number of hydrogen-bond donors (Lipinski definition) is 2. The van der Waals surface area contributed by atoms with Gasteiger partial charge in [0.1, 0.15) is 0 Å². The zero-order chi connectivity index (χ0) is 15.8. The lowest BCUT2D eigenvalue weighted by atomic mass is 10.2. The summed E-state index contributed by atoms with van der Waals surface area (Å²) < 4.78 is 26.0. The quantitative estimate of drug-likeness (QED) is 0.869. The molecule has 1 aliphatic heterocycles. The number of nitrogens with zero attached hydrogens (tertiary/aromatic N) is 1. The van der Waals surface area contributed by atoms with Gasteiger partial charge in [-0.25, -0.2) is 17.5 Å². The number of amides is 2. The number of urea groups is 1. The normalized spacial score (nSPS) is 16.7. The van der Waals surface area contributed by atoms with Crippen LogP contribution >= 0.6 is 0 Å². The number of anilines is 1. The van der Waals surface area contributed by atoms with Gasteiger partial charge in [-0.15, -0.1) is 0 Å². The first-order chi connectivity index (χ1) is 10.6. The maximum atomic E-state index is 12.2. The van der Waals surface area contributed by atoms with Crippen LogP contribution in [0.3, 0.4) is 0 Å². The van der Waals surface area contributed by atoms with Gasteiger partial charge in [-0.05, 0) is 25.0 Å². The smallest absolute Gasteiger partial charge is 0.319 e. The standard InChI is InChI=1S/C15H23N3O3S/c19-15(17-14-8-4-3-5-9-14)16-10-13-22(20,21)18-11-6-1-2-7-12-18/h3-5,8-9H,1-2,6-7,10-13H2,(H2,16,17,19). The Morgan fingerprint density at radius 2 is 1.68 bits per heavy atom. The van der Waals surface area contributed by atoms with E-state index in [9.17, 15) is 13.2 Å². The van der Waals surface area contributed by atoms with E-state index in [0.29, 0.717) is 18.8 Å².